The lowest BCUT2D eigenvalue weighted by molar-refractivity contribution is -0.115. The highest BCUT2D eigenvalue weighted by Crippen LogP contribution is 2.21. The third-order valence-electron chi connectivity index (χ3n) is 4.25. The maximum absolute atomic E-state index is 13.7. The summed E-state index contributed by atoms with van der Waals surface area (Å²) in [5.74, 6) is 0.761. The van der Waals surface area contributed by atoms with Crippen LogP contribution in [0.3, 0.4) is 0 Å². The van der Waals surface area contributed by atoms with Crippen molar-refractivity contribution < 1.29 is 13.9 Å². The smallest absolute Gasteiger partial charge is 0.238 e. The lowest BCUT2D eigenvalue weighted by Crippen LogP contribution is -2.15. The zero-order valence-corrected chi connectivity index (χ0v) is 16.1. The molecule has 2 aromatic carbocycles. The van der Waals surface area contributed by atoms with Gasteiger partial charge in [-0.15, -0.1) is 10.2 Å². The van der Waals surface area contributed by atoms with Gasteiger partial charge in [-0.3, -0.25) is 4.79 Å². The molecule has 30 heavy (non-hydrogen) atoms. The van der Waals surface area contributed by atoms with Gasteiger partial charge in [0, 0.05) is 18.0 Å². The Balaban J connectivity index is 1.35. The van der Waals surface area contributed by atoms with Gasteiger partial charge in [-0.25, -0.2) is 9.07 Å². The second-order valence-electron chi connectivity index (χ2n) is 6.57. The van der Waals surface area contributed by atoms with Crippen LogP contribution in [0.2, 0.25) is 0 Å². The Morgan fingerprint density at radius 3 is 2.50 bits per heavy atom. The van der Waals surface area contributed by atoms with Crippen molar-refractivity contribution in [2.24, 2.45) is 0 Å². The minimum atomic E-state index is -0.397. The summed E-state index contributed by atoms with van der Waals surface area (Å²) in [4.78, 5) is 12.1. The van der Waals surface area contributed by atoms with E-state index in [4.69, 9.17) is 4.74 Å². The number of halogens is 1. The summed E-state index contributed by atoms with van der Waals surface area (Å²) in [6, 6.07) is 18.3. The Bertz CT molecular complexity index is 1160. The Labute approximate surface area is 172 Å². The summed E-state index contributed by atoms with van der Waals surface area (Å²) in [5.41, 5.74) is 1.82. The van der Waals surface area contributed by atoms with Crippen LogP contribution in [0.25, 0.3) is 5.82 Å². The van der Waals surface area contributed by atoms with Gasteiger partial charge in [-0.2, -0.15) is 5.10 Å². The SMILES string of the molecule is Cc1ccn(-c2ccc(Oc3ccc(NC(=O)Cc4ccccc4F)cc3)nn2)n1. The number of aromatic nitrogens is 4. The van der Waals surface area contributed by atoms with Gasteiger partial charge < -0.3 is 10.1 Å². The summed E-state index contributed by atoms with van der Waals surface area (Å²) in [6.07, 6.45) is 1.77. The van der Waals surface area contributed by atoms with Gasteiger partial charge in [0.15, 0.2) is 5.82 Å². The largest absolute Gasteiger partial charge is 0.438 e. The van der Waals surface area contributed by atoms with E-state index >= 15 is 0 Å². The van der Waals surface area contributed by atoms with Crippen molar-refractivity contribution in [2.75, 3.05) is 5.32 Å². The number of ether oxygens (including phenoxy) is 1. The topological polar surface area (TPSA) is 81.9 Å². The summed E-state index contributed by atoms with van der Waals surface area (Å²) < 4.78 is 21.0. The van der Waals surface area contributed by atoms with E-state index in [2.05, 4.69) is 20.6 Å². The van der Waals surface area contributed by atoms with Crippen LogP contribution in [0.4, 0.5) is 10.1 Å². The molecule has 2 heterocycles. The molecule has 0 spiro atoms. The third-order valence-corrected chi connectivity index (χ3v) is 4.25. The van der Waals surface area contributed by atoms with Crippen LogP contribution in [-0.4, -0.2) is 25.9 Å². The van der Waals surface area contributed by atoms with Gasteiger partial charge in [0.05, 0.1) is 12.1 Å². The molecule has 150 valence electrons. The van der Waals surface area contributed by atoms with Crippen LogP contribution < -0.4 is 10.1 Å². The van der Waals surface area contributed by atoms with E-state index in [1.807, 2.05) is 13.0 Å². The van der Waals surface area contributed by atoms with Gasteiger partial charge in [-0.05, 0) is 55.0 Å². The first-order valence-corrected chi connectivity index (χ1v) is 9.24. The van der Waals surface area contributed by atoms with E-state index in [1.54, 1.807) is 65.5 Å². The van der Waals surface area contributed by atoms with Crippen molar-refractivity contribution in [3.63, 3.8) is 0 Å². The van der Waals surface area contributed by atoms with Crippen molar-refractivity contribution >= 4 is 11.6 Å². The van der Waals surface area contributed by atoms with Crippen LogP contribution in [0.15, 0.2) is 72.9 Å². The highest BCUT2D eigenvalue weighted by Gasteiger charge is 2.09. The van der Waals surface area contributed by atoms with Crippen LogP contribution in [-0.2, 0) is 11.2 Å². The molecule has 0 atom stereocenters. The highest BCUT2D eigenvalue weighted by atomic mass is 19.1. The molecule has 0 radical (unpaired) electrons. The molecule has 1 N–H and O–H groups in total. The average molecular weight is 403 g/mol. The minimum absolute atomic E-state index is 0.0390. The number of carbonyl (C=O) groups is 1. The van der Waals surface area contributed by atoms with E-state index < -0.39 is 5.82 Å². The van der Waals surface area contributed by atoms with E-state index in [0.29, 0.717) is 28.7 Å². The molecule has 1 amide bonds. The molecule has 4 rings (SSSR count). The molecule has 0 saturated carbocycles. The lowest BCUT2D eigenvalue weighted by Gasteiger charge is -2.08. The monoisotopic (exact) mass is 403 g/mol. The van der Waals surface area contributed by atoms with Gasteiger partial charge in [-0.1, -0.05) is 18.2 Å². The van der Waals surface area contributed by atoms with Gasteiger partial charge in [0.25, 0.3) is 0 Å². The number of nitrogens with one attached hydrogen (secondary N) is 1. The summed E-state index contributed by atoms with van der Waals surface area (Å²) in [6.45, 7) is 1.90. The van der Waals surface area contributed by atoms with Crippen molar-refractivity contribution in [3.8, 4) is 17.4 Å². The lowest BCUT2D eigenvalue weighted by atomic mass is 10.1. The fraction of sp³-hybridized carbons (Fsp3) is 0.0909. The fourth-order valence-electron chi connectivity index (χ4n) is 2.78. The number of aryl methyl sites for hydroxylation is 1. The second kappa shape index (κ2) is 8.52. The predicted molar refractivity (Wildman–Crippen MR) is 109 cm³/mol. The second-order valence-corrected chi connectivity index (χ2v) is 6.57. The number of rotatable bonds is 6. The molecule has 0 bridgehead atoms. The molecule has 0 saturated heterocycles. The van der Waals surface area contributed by atoms with Gasteiger partial charge >= 0.3 is 0 Å². The Morgan fingerprint density at radius 2 is 1.83 bits per heavy atom. The minimum Gasteiger partial charge on any atom is -0.438 e. The Morgan fingerprint density at radius 1 is 1.03 bits per heavy atom. The third kappa shape index (κ3) is 4.67. The number of carbonyl (C=O) groups excluding carboxylic acids is 1. The number of nitrogens with zero attached hydrogens (tertiary/aromatic N) is 4. The first-order valence-electron chi connectivity index (χ1n) is 9.24. The molecule has 0 aliphatic carbocycles. The van der Waals surface area contributed by atoms with E-state index in [0.717, 1.165) is 5.69 Å². The molecule has 0 fully saturated rings. The average Bonchev–Trinajstić information content (AvgIpc) is 3.18. The first-order chi connectivity index (χ1) is 14.6. The number of hydrogen-bond acceptors (Lipinski definition) is 5. The zero-order chi connectivity index (χ0) is 20.9. The Kier molecular flexibility index (Phi) is 5.47. The van der Waals surface area contributed by atoms with Crippen LogP contribution in [0, 0.1) is 12.7 Å². The van der Waals surface area contributed by atoms with Crippen molar-refractivity contribution in [2.45, 2.75) is 13.3 Å². The summed E-state index contributed by atoms with van der Waals surface area (Å²) in [7, 11) is 0. The van der Waals surface area contributed by atoms with E-state index in [9.17, 15) is 9.18 Å². The molecular weight excluding hydrogens is 385 g/mol. The van der Waals surface area contributed by atoms with Crippen LogP contribution in [0.5, 0.6) is 11.6 Å². The molecule has 7 nitrogen and oxygen atoms in total. The van der Waals surface area contributed by atoms with E-state index in [-0.39, 0.29) is 12.3 Å². The number of anilines is 1. The van der Waals surface area contributed by atoms with E-state index in [1.165, 1.54) is 6.07 Å². The highest BCUT2D eigenvalue weighted by molar-refractivity contribution is 5.92. The van der Waals surface area contributed by atoms with Gasteiger partial charge in [0.1, 0.15) is 11.6 Å². The standard InChI is InChI=1S/C22H18FN5O2/c1-15-12-13-28(27-15)20-10-11-22(26-25-20)30-18-8-6-17(7-9-18)24-21(29)14-16-4-2-3-5-19(16)23/h2-13H,14H2,1H3,(H,24,29). The predicted octanol–water partition coefficient (Wildman–Crippen LogP) is 4.08. The molecule has 0 aliphatic rings. The molecule has 4 aromatic rings. The number of benzene rings is 2. The maximum atomic E-state index is 13.7. The summed E-state index contributed by atoms with van der Waals surface area (Å²) >= 11 is 0. The normalized spacial score (nSPS) is 10.6. The van der Waals surface area contributed by atoms with Crippen LogP contribution in [0.1, 0.15) is 11.3 Å². The quantitative estimate of drug-likeness (QED) is 0.525. The maximum Gasteiger partial charge on any atom is 0.238 e. The van der Waals surface area contributed by atoms with Crippen molar-refractivity contribution in [1.29, 1.82) is 0 Å². The van der Waals surface area contributed by atoms with Crippen LogP contribution >= 0.6 is 0 Å². The number of amides is 1. The Hall–Kier alpha value is -4.07. The molecule has 0 aliphatic heterocycles. The molecule has 0 unspecified atom stereocenters. The molecule has 2 aromatic heterocycles. The van der Waals surface area contributed by atoms with Crippen molar-refractivity contribution in [1.82, 2.24) is 20.0 Å². The van der Waals surface area contributed by atoms with Crippen molar-refractivity contribution in [3.05, 3.63) is 90.0 Å². The number of hydrogen-bond donors (Lipinski definition) is 1. The first kappa shape index (κ1) is 19.3. The van der Waals surface area contributed by atoms with Gasteiger partial charge in [0.2, 0.25) is 11.8 Å². The zero-order valence-electron chi connectivity index (χ0n) is 16.1. The molecule has 8 heteroatoms. The molecular formula is C22H18FN5O2. The summed E-state index contributed by atoms with van der Waals surface area (Å²) in [5, 5.41) is 15.2. The fourth-order valence-corrected chi connectivity index (χ4v) is 2.78.